The van der Waals surface area contributed by atoms with Crippen LogP contribution in [0.4, 0.5) is 0 Å². The third-order valence-electron chi connectivity index (χ3n) is 4.16. The molecule has 4 nitrogen and oxygen atoms in total. The number of amides is 1. The first-order valence-corrected chi connectivity index (χ1v) is 6.58. The molecule has 0 aromatic carbocycles. The van der Waals surface area contributed by atoms with E-state index in [9.17, 15) is 14.7 Å². The molecule has 0 atom stereocenters. The third kappa shape index (κ3) is 2.61. The summed E-state index contributed by atoms with van der Waals surface area (Å²) in [6.45, 7) is 3.49. The molecule has 0 unspecified atom stereocenters. The number of carboxylic acids is 1. The monoisotopic (exact) mass is 239 g/mol. The zero-order valence-electron chi connectivity index (χ0n) is 10.4. The predicted octanol–water partition coefficient (Wildman–Crippen LogP) is 1.89. The van der Waals surface area contributed by atoms with Gasteiger partial charge in [-0.1, -0.05) is 6.42 Å². The lowest BCUT2D eigenvalue weighted by Gasteiger charge is -2.38. The molecule has 2 saturated carbocycles. The lowest BCUT2D eigenvalue weighted by atomic mass is 9.66. The molecule has 0 spiro atoms. The van der Waals surface area contributed by atoms with Gasteiger partial charge >= 0.3 is 5.97 Å². The molecule has 2 aliphatic carbocycles. The van der Waals surface area contributed by atoms with Gasteiger partial charge in [-0.15, -0.1) is 0 Å². The Morgan fingerprint density at radius 2 is 2.00 bits per heavy atom. The van der Waals surface area contributed by atoms with Crippen molar-refractivity contribution in [1.82, 2.24) is 4.90 Å². The van der Waals surface area contributed by atoms with Crippen molar-refractivity contribution < 1.29 is 14.7 Å². The van der Waals surface area contributed by atoms with E-state index < -0.39 is 11.4 Å². The minimum atomic E-state index is -0.792. The second-order valence-electron chi connectivity index (χ2n) is 5.49. The van der Waals surface area contributed by atoms with Crippen LogP contribution in [0.3, 0.4) is 0 Å². The number of aliphatic carboxylic acids is 1. The number of hydrogen-bond donors (Lipinski definition) is 1. The van der Waals surface area contributed by atoms with E-state index in [2.05, 4.69) is 0 Å². The summed E-state index contributed by atoms with van der Waals surface area (Å²) >= 11 is 0. The molecule has 0 heterocycles. The Morgan fingerprint density at radius 1 is 1.35 bits per heavy atom. The Balaban J connectivity index is 1.91. The molecule has 0 saturated heterocycles. The molecular formula is C13H21NO3. The Kier molecular flexibility index (Phi) is 3.40. The SMILES string of the molecule is CCN(CC1CC1)C(=O)CC1(C(=O)O)CCC1. The van der Waals surface area contributed by atoms with Crippen LogP contribution in [-0.4, -0.2) is 35.0 Å². The van der Waals surface area contributed by atoms with Crippen LogP contribution >= 0.6 is 0 Å². The maximum Gasteiger partial charge on any atom is 0.310 e. The lowest BCUT2D eigenvalue weighted by molar-refractivity contribution is -0.159. The van der Waals surface area contributed by atoms with Gasteiger partial charge in [0.15, 0.2) is 0 Å². The highest BCUT2D eigenvalue weighted by Gasteiger charge is 2.46. The smallest absolute Gasteiger partial charge is 0.310 e. The van der Waals surface area contributed by atoms with Gasteiger partial charge in [0.05, 0.1) is 5.41 Å². The van der Waals surface area contributed by atoms with E-state index in [1.54, 1.807) is 0 Å². The molecule has 0 aromatic rings. The van der Waals surface area contributed by atoms with Crippen molar-refractivity contribution in [2.24, 2.45) is 11.3 Å². The molecule has 0 radical (unpaired) electrons. The van der Waals surface area contributed by atoms with Crippen LogP contribution in [0, 0.1) is 11.3 Å². The molecule has 0 aromatic heterocycles. The lowest BCUT2D eigenvalue weighted by Crippen LogP contribution is -2.44. The Labute approximate surface area is 102 Å². The van der Waals surface area contributed by atoms with Crippen molar-refractivity contribution in [2.75, 3.05) is 13.1 Å². The van der Waals surface area contributed by atoms with E-state index in [0.29, 0.717) is 25.3 Å². The molecule has 1 N–H and O–H groups in total. The number of hydrogen-bond acceptors (Lipinski definition) is 2. The van der Waals surface area contributed by atoms with Crippen molar-refractivity contribution >= 4 is 11.9 Å². The van der Waals surface area contributed by atoms with E-state index >= 15 is 0 Å². The first-order chi connectivity index (χ1) is 8.07. The number of rotatable bonds is 6. The van der Waals surface area contributed by atoms with E-state index in [-0.39, 0.29) is 12.3 Å². The molecule has 1 amide bonds. The first-order valence-electron chi connectivity index (χ1n) is 6.58. The molecule has 2 rings (SSSR count). The quantitative estimate of drug-likeness (QED) is 0.770. The molecule has 0 aliphatic heterocycles. The number of carbonyl (C=O) groups excluding carboxylic acids is 1. The molecule has 4 heteroatoms. The fraction of sp³-hybridized carbons (Fsp3) is 0.846. The Bertz CT molecular complexity index is 319. The highest BCUT2D eigenvalue weighted by molar-refractivity contribution is 5.85. The van der Waals surface area contributed by atoms with Gasteiger partial charge in [0.1, 0.15) is 0 Å². The summed E-state index contributed by atoms with van der Waals surface area (Å²) in [6.07, 6.45) is 4.89. The average molecular weight is 239 g/mol. The summed E-state index contributed by atoms with van der Waals surface area (Å²) in [5, 5.41) is 9.21. The van der Waals surface area contributed by atoms with E-state index in [0.717, 1.165) is 13.0 Å². The van der Waals surface area contributed by atoms with Crippen molar-refractivity contribution in [2.45, 2.75) is 45.4 Å². The van der Waals surface area contributed by atoms with Gasteiger partial charge in [-0.25, -0.2) is 0 Å². The van der Waals surface area contributed by atoms with Gasteiger partial charge in [-0.2, -0.15) is 0 Å². The van der Waals surface area contributed by atoms with Crippen molar-refractivity contribution in [3.63, 3.8) is 0 Å². The van der Waals surface area contributed by atoms with E-state index in [1.165, 1.54) is 12.8 Å². The molecule has 17 heavy (non-hydrogen) atoms. The van der Waals surface area contributed by atoms with Gasteiger partial charge in [-0.3, -0.25) is 9.59 Å². The van der Waals surface area contributed by atoms with Gasteiger partial charge in [0.2, 0.25) is 5.91 Å². The van der Waals surface area contributed by atoms with E-state index in [4.69, 9.17) is 0 Å². The molecular weight excluding hydrogens is 218 g/mol. The fourth-order valence-electron chi connectivity index (χ4n) is 2.49. The molecule has 96 valence electrons. The first kappa shape index (κ1) is 12.4. The van der Waals surface area contributed by atoms with Crippen molar-refractivity contribution in [1.29, 1.82) is 0 Å². The fourth-order valence-corrected chi connectivity index (χ4v) is 2.49. The van der Waals surface area contributed by atoms with Gasteiger partial charge in [0.25, 0.3) is 0 Å². The number of carbonyl (C=O) groups is 2. The number of nitrogens with zero attached hydrogens (tertiary/aromatic N) is 1. The maximum atomic E-state index is 12.1. The normalized spacial score (nSPS) is 21.7. The Hall–Kier alpha value is -1.06. The van der Waals surface area contributed by atoms with Crippen LogP contribution in [0.15, 0.2) is 0 Å². The predicted molar refractivity (Wildman–Crippen MR) is 63.5 cm³/mol. The van der Waals surface area contributed by atoms with E-state index in [1.807, 2.05) is 11.8 Å². The van der Waals surface area contributed by atoms with Crippen LogP contribution in [0.5, 0.6) is 0 Å². The minimum Gasteiger partial charge on any atom is -0.481 e. The molecule has 2 fully saturated rings. The maximum absolute atomic E-state index is 12.1. The minimum absolute atomic E-state index is 0.0292. The topological polar surface area (TPSA) is 57.6 Å². The highest BCUT2D eigenvalue weighted by Crippen LogP contribution is 2.44. The third-order valence-corrected chi connectivity index (χ3v) is 4.16. The van der Waals surface area contributed by atoms with Gasteiger partial charge in [-0.05, 0) is 38.5 Å². The van der Waals surface area contributed by atoms with Crippen LogP contribution < -0.4 is 0 Å². The highest BCUT2D eigenvalue weighted by atomic mass is 16.4. The summed E-state index contributed by atoms with van der Waals surface area (Å²) in [4.78, 5) is 25.2. The zero-order valence-corrected chi connectivity index (χ0v) is 10.4. The largest absolute Gasteiger partial charge is 0.481 e. The van der Waals surface area contributed by atoms with Crippen LogP contribution in [0.2, 0.25) is 0 Å². The summed E-state index contributed by atoms with van der Waals surface area (Å²) in [5.41, 5.74) is -0.742. The summed E-state index contributed by atoms with van der Waals surface area (Å²) in [6, 6.07) is 0. The van der Waals surface area contributed by atoms with Crippen molar-refractivity contribution in [3.05, 3.63) is 0 Å². The zero-order chi connectivity index (χ0) is 12.5. The molecule has 2 aliphatic rings. The summed E-state index contributed by atoms with van der Waals surface area (Å²) in [7, 11) is 0. The van der Waals surface area contributed by atoms with Crippen LogP contribution in [0.1, 0.15) is 45.4 Å². The second kappa shape index (κ2) is 4.67. The van der Waals surface area contributed by atoms with Crippen molar-refractivity contribution in [3.8, 4) is 0 Å². The van der Waals surface area contributed by atoms with Gasteiger partial charge in [0, 0.05) is 19.5 Å². The number of carboxylic acid groups (broad SMARTS) is 1. The molecule has 0 bridgehead atoms. The summed E-state index contributed by atoms with van der Waals surface area (Å²) < 4.78 is 0. The average Bonchev–Trinajstić information content (AvgIpc) is 3.02. The Morgan fingerprint density at radius 3 is 2.35 bits per heavy atom. The summed E-state index contributed by atoms with van der Waals surface area (Å²) in [5.74, 6) is -0.0952. The van der Waals surface area contributed by atoms with Gasteiger partial charge < -0.3 is 10.0 Å². The van der Waals surface area contributed by atoms with Crippen LogP contribution in [0.25, 0.3) is 0 Å². The standard InChI is InChI=1S/C13H21NO3/c1-2-14(9-10-4-5-10)11(15)8-13(12(16)17)6-3-7-13/h10H,2-9H2,1H3,(H,16,17). The van der Waals surface area contributed by atoms with Crippen LogP contribution in [-0.2, 0) is 9.59 Å². The second-order valence-corrected chi connectivity index (χ2v) is 5.49.